The van der Waals surface area contributed by atoms with E-state index in [-0.39, 0.29) is 23.8 Å². The van der Waals surface area contributed by atoms with Crippen LogP contribution in [0.1, 0.15) is 57.4 Å². The summed E-state index contributed by atoms with van der Waals surface area (Å²) in [4.78, 5) is 28.6. The number of nitrogens with one attached hydrogen (secondary N) is 1. The summed E-state index contributed by atoms with van der Waals surface area (Å²) in [5.41, 5.74) is 0.944. The van der Waals surface area contributed by atoms with Crippen LogP contribution in [0.4, 0.5) is 0 Å². The predicted molar refractivity (Wildman–Crippen MR) is 124 cm³/mol. The molecule has 5 unspecified atom stereocenters. The number of amides is 2. The molecule has 4 nitrogen and oxygen atoms in total. The molecule has 162 valence electrons. The van der Waals surface area contributed by atoms with Gasteiger partial charge < -0.3 is 10.2 Å². The van der Waals surface area contributed by atoms with Crippen molar-refractivity contribution in [3.05, 3.63) is 39.8 Å². The third kappa shape index (κ3) is 4.72. The first-order chi connectivity index (χ1) is 14.4. The van der Waals surface area contributed by atoms with E-state index < -0.39 is 0 Å². The number of thioether (sulfide) groups is 1. The van der Waals surface area contributed by atoms with E-state index in [2.05, 4.69) is 12.2 Å². The maximum atomic E-state index is 13.0. The lowest BCUT2D eigenvalue weighted by atomic mass is 9.82. The van der Waals surface area contributed by atoms with Crippen LogP contribution in [-0.4, -0.2) is 41.1 Å². The van der Waals surface area contributed by atoms with E-state index in [1.807, 2.05) is 42.3 Å². The molecule has 6 heteroatoms. The van der Waals surface area contributed by atoms with Gasteiger partial charge in [-0.05, 0) is 61.8 Å². The molecule has 2 aliphatic carbocycles. The van der Waals surface area contributed by atoms with Crippen LogP contribution < -0.4 is 5.32 Å². The fraction of sp³-hybridized carbons (Fsp3) is 0.583. The summed E-state index contributed by atoms with van der Waals surface area (Å²) in [6.07, 6.45) is 9.33. The van der Waals surface area contributed by atoms with E-state index >= 15 is 0 Å². The highest BCUT2D eigenvalue weighted by molar-refractivity contribution is 8.04. The maximum absolute atomic E-state index is 13.0. The number of halogens is 1. The van der Waals surface area contributed by atoms with Crippen LogP contribution in [0.2, 0.25) is 5.02 Å². The Hall–Kier alpha value is -1.46. The van der Waals surface area contributed by atoms with E-state index in [4.69, 9.17) is 11.6 Å². The summed E-state index contributed by atoms with van der Waals surface area (Å²) in [6.45, 7) is 2.25. The molecule has 1 aromatic rings. The summed E-state index contributed by atoms with van der Waals surface area (Å²) in [5, 5.41) is 4.35. The third-order valence-electron chi connectivity index (χ3n) is 7.02. The molecule has 1 aliphatic heterocycles. The first-order valence-electron chi connectivity index (χ1n) is 11.1. The normalized spacial score (nSPS) is 33.3. The van der Waals surface area contributed by atoms with Crippen molar-refractivity contribution in [1.82, 2.24) is 10.2 Å². The quantitative estimate of drug-likeness (QED) is 0.655. The fourth-order valence-corrected chi connectivity index (χ4v) is 6.79. The standard InChI is InChI=1S/C24H31ClN2O2S/c1-15-6-3-4-9-19(15)26-23(28)17-10-11-21-20(14-17)27(2)24(29)22(30-21)13-16-7-5-8-18(25)12-16/h5,7-8,12-13,15,17,19-21H,3-4,6,9-11,14H2,1-2H3,(H,26,28)/b22-13-. The van der Waals surface area contributed by atoms with Crippen molar-refractivity contribution in [2.45, 2.75) is 69.2 Å². The topological polar surface area (TPSA) is 49.4 Å². The van der Waals surface area contributed by atoms with Crippen LogP contribution >= 0.6 is 23.4 Å². The van der Waals surface area contributed by atoms with Crippen molar-refractivity contribution in [2.75, 3.05) is 7.05 Å². The highest BCUT2D eigenvalue weighted by Gasteiger charge is 2.43. The molecule has 0 bridgehead atoms. The summed E-state index contributed by atoms with van der Waals surface area (Å²) in [7, 11) is 1.88. The molecule has 0 spiro atoms. The molecular weight excluding hydrogens is 416 g/mol. The van der Waals surface area contributed by atoms with Gasteiger partial charge in [0, 0.05) is 35.3 Å². The van der Waals surface area contributed by atoms with Crippen LogP contribution in [0.15, 0.2) is 29.2 Å². The van der Waals surface area contributed by atoms with Gasteiger partial charge in [0.1, 0.15) is 0 Å². The van der Waals surface area contributed by atoms with E-state index in [1.54, 1.807) is 11.8 Å². The minimum absolute atomic E-state index is 0.00897. The van der Waals surface area contributed by atoms with Crippen molar-refractivity contribution in [1.29, 1.82) is 0 Å². The summed E-state index contributed by atoms with van der Waals surface area (Å²) in [5.74, 6) is 0.809. The molecule has 1 saturated heterocycles. The van der Waals surface area contributed by atoms with E-state index in [1.165, 1.54) is 19.3 Å². The molecule has 1 heterocycles. The van der Waals surface area contributed by atoms with Crippen molar-refractivity contribution in [3.63, 3.8) is 0 Å². The second-order valence-corrected chi connectivity index (χ2v) is 10.8. The van der Waals surface area contributed by atoms with Crippen molar-refractivity contribution in [2.24, 2.45) is 11.8 Å². The average Bonchev–Trinajstić information content (AvgIpc) is 2.73. The highest BCUT2D eigenvalue weighted by Crippen LogP contribution is 2.43. The molecule has 30 heavy (non-hydrogen) atoms. The summed E-state index contributed by atoms with van der Waals surface area (Å²) < 4.78 is 0. The number of carbonyl (C=O) groups excluding carboxylic acids is 2. The molecule has 2 saturated carbocycles. The maximum Gasteiger partial charge on any atom is 0.260 e. The number of rotatable bonds is 3. The lowest BCUT2D eigenvalue weighted by molar-refractivity contribution is -0.132. The lowest BCUT2D eigenvalue weighted by Crippen LogP contribution is -2.53. The van der Waals surface area contributed by atoms with Gasteiger partial charge in [-0.1, -0.05) is 43.5 Å². The molecule has 0 aromatic heterocycles. The monoisotopic (exact) mass is 446 g/mol. The highest BCUT2D eigenvalue weighted by atomic mass is 35.5. The van der Waals surface area contributed by atoms with Crippen molar-refractivity contribution < 1.29 is 9.59 Å². The summed E-state index contributed by atoms with van der Waals surface area (Å²) in [6, 6.07) is 8.01. The zero-order chi connectivity index (χ0) is 21.3. The van der Waals surface area contributed by atoms with E-state index in [0.717, 1.165) is 36.2 Å². The van der Waals surface area contributed by atoms with Crippen LogP contribution in [0.3, 0.4) is 0 Å². The van der Waals surface area contributed by atoms with Gasteiger partial charge in [0.25, 0.3) is 5.91 Å². The molecule has 1 N–H and O–H groups in total. The van der Waals surface area contributed by atoms with Gasteiger partial charge in [0.05, 0.1) is 4.91 Å². The number of fused-ring (bicyclic) bond motifs is 1. The van der Waals surface area contributed by atoms with Gasteiger partial charge in [-0.3, -0.25) is 9.59 Å². The lowest BCUT2D eigenvalue weighted by Gasteiger charge is -2.44. The van der Waals surface area contributed by atoms with Crippen LogP contribution in [0.25, 0.3) is 6.08 Å². The second-order valence-electron chi connectivity index (χ2n) is 9.09. The Morgan fingerprint density at radius 2 is 2.03 bits per heavy atom. The molecule has 1 aromatic carbocycles. The molecule has 4 rings (SSSR count). The van der Waals surface area contributed by atoms with Crippen LogP contribution in [-0.2, 0) is 9.59 Å². The van der Waals surface area contributed by atoms with Crippen molar-refractivity contribution >= 4 is 41.3 Å². The van der Waals surface area contributed by atoms with Gasteiger partial charge in [0.15, 0.2) is 0 Å². The Morgan fingerprint density at radius 1 is 1.23 bits per heavy atom. The Morgan fingerprint density at radius 3 is 2.80 bits per heavy atom. The first-order valence-corrected chi connectivity index (χ1v) is 12.4. The number of hydrogen-bond acceptors (Lipinski definition) is 3. The Bertz CT molecular complexity index is 842. The largest absolute Gasteiger partial charge is 0.353 e. The van der Waals surface area contributed by atoms with Gasteiger partial charge in [-0.2, -0.15) is 0 Å². The zero-order valence-electron chi connectivity index (χ0n) is 17.8. The predicted octanol–water partition coefficient (Wildman–Crippen LogP) is 5.12. The fourth-order valence-electron chi connectivity index (χ4n) is 5.11. The number of hydrogen-bond donors (Lipinski definition) is 1. The summed E-state index contributed by atoms with van der Waals surface area (Å²) >= 11 is 7.77. The van der Waals surface area contributed by atoms with Gasteiger partial charge in [-0.25, -0.2) is 0 Å². The van der Waals surface area contributed by atoms with Gasteiger partial charge >= 0.3 is 0 Å². The van der Waals surface area contributed by atoms with Gasteiger partial charge in [-0.15, -0.1) is 11.8 Å². The first kappa shape index (κ1) is 21.8. The molecular formula is C24H31ClN2O2S. The van der Waals surface area contributed by atoms with Crippen LogP contribution in [0.5, 0.6) is 0 Å². The molecule has 2 amide bonds. The SMILES string of the molecule is CC1CCCCC1NC(=O)C1CCC2S/C(=C\c3cccc(Cl)c3)C(=O)N(C)C2C1. The average molecular weight is 447 g/mol. The second kappa shape index (κ2) is 9.35. The number of carbonyl (C=O) groups is 2. The van der Waals surface area contributed by atoms with Crippen LogP contribution in [0, 0.1) is 11.8 Å². The minimum atomic E-state index is 0.00897. The number of nitrogens with zero attached hydrogens (tertiary/aromatic N) is 1. The minimum Gasteiger partial charge on any atom is -0.353 e. The molecule has 3 fully saturated rings. The molecule has 5 atom stereocenters. The Labute approximate surface area is 188 Å². The smallest absolute Gasteiger partial charge is 0.260 e. The zero-order valence-corrected chi connectivity index (χ0v) is 19.3. The third-order valence-corrected chi connectivity index (χ3v) is 8.65. The van der Waals surface area contributed by atoms with Gasteiger partial charge in [0.2, 0.25) is 5.91 Å². The number of likely N-dealkylation sites (N-methyl/N-ethyl adjacent to an activating group) is 1. The molecule has 3 aliphatic rings. The Kier molecular flexibility index (Phi) is 6.78. The van der Waals surface area contributed by atoms with Crippen molar-refractivity contribution in [3.8, 4) is 0 Å². The number of benzene rings is 1. The van der Waals surface area contributed by atoms with E-state index in [9.17, 15) is 9.59 Å². The Balaban J connectivity index is 1.41. The molecule has 0 radical (unpaired) electrons. The van der Waals surface area contributed by atoms with E-state index in [0.29, 0.717) is 22.2 Å².